The van der Waals surface area contributed by atoms with Crippen molar-refractivity contribution in [2.24, 2.45) is 0 Å². The van der Waals surface area contributed by atoms with Crippen molar-refractivity contribution in [2.45, 2.75) is 13.8 Å². The number of nitrogens with one attached hydrogen (secondary N) is 1. The van der Waals surface area contributed by atoms with Gasteiger partial charge in [-0.05, 0) is 44.3 Å². The number of hydrogen-bond donors (Lipinski definition) is 2. The molecular weight excluding hydrogens is 202 g/mol. The fraction of sp³-hybridized carbons (Fsp3) is 0.417. The molecule has 0 aliphatic rings. The van der Waals surface area contributed by atoms with E-state index in [1.165, 1.54) is 0 Å². The van der Waals surface area contributed by atoms with Crippen molar-refractivity contribution in [1.29, 1.82) is 0 Å². The first kappa shape index (κ1) is 12.5. The first-order chi connectivity index (χ1) is 7.52. The minimum absolute atomic E-state index is 0.00257. The van der Waals surface area contributed by atoms with Gasteiger partial charge in [-0.15, -0.1) is 0 Å². The van der Waals surface area contributed by atoms with E-state index in [0.29, 0.717) is 12.2 Å². The van der Waals surface area contributed by atoms with E-state index in [1.807, 2.05) is 37.9 Å². The summed E-state index contributed by atoms with van der Waals surface area (Å²) in [5.41, 5.74) is 8.15. The molecule has 0 radical (unpaired) electrons. The number of benzene rings is 1. The number of hydrogen-bond acceptors (Lipinski definition) is 3. The van der Waals surface area contributed by atoms with Gasteiger partial charge in [0, 0.05) is 11.4 Å². The summed E-state index contributed by atoms with van der Waals surface area (Å²) in [6.45, 7) is 5.20. The molecular formula is C12H19N3O. The molecule has 0 aromatic heterocycles. The number of nitrogen functional groups attached to an aromatic ring is 1. The SMILES string of the molecule is CCN(C)CC(=O)Nc1ccc(N)cc1C. The van der Waals surface area contributed by atoms with Crippen LogP contribution in [-0.2, 0) is 4.79 Å². The Kier molecular flexibility index (Phi) is 4.31. The van der Waals surface area contributed by atoms with Crippen molar-refractivity contribution < 1.29 is 4.79 Å². The number of aryl methyl sites for hydroxylation is 1. The highest BCUT2D eigenvalue weighted by atomic mass is 16.2. The third-order valence-corrected chi connectivity index (χ3v) is 2.48. The molecule has 0 unspecified atom stereocenters. The zero-order chi connectivity index (χ0) is 12.1. The van der Waals surface area contributed by atoms with Crippen LogP contribution in [0.2, 0.25) is 0 Å². The van der Waals surface area contributed by atoms with Gasteiger partial charge in [0.2, 0.25) is 5.91 Å². The van der Waals surface area contributed by atoms with Crippen LogP contribution < -0.4 is 11.1 Å². The molecule has 16 heavy (non-hydrogen) atoms. The normalized spacial score (nSPS) is 10.5. The molecule has 0 fully saturated rings. The molecule has 88 valence electrons. The summed E-state index contributed by atoms with van der Waals surface area (Å²) >= 11 is 0. The van der Waals surface area contributed by atoms with Crippen molar-refractivity contribution in [3.8, 4) is 0 Å². The van der Waals surface area contributed by atoms with Gasteiger partial charge >= 0.3 is 0 Å². The number of carbonyl (C=O) groups is 1. The lowest BCUT2D eigenvalue weighted by molar-refractivity contribution is -0.117. The quantitative estimate of drug-likeness (QED) is 0.757. The highest BCUT2D eigenvalue weighted by Gasteiger charge is 2.06. The Balaban J connectivity index is 2.63. The van der Waals surface area contributed by atoms with Crippen LogP contribution in [0, 0.1) is 6.92 Å². The molecule has 0 saturated heterocycles. The molecule has 0 aliphatic heterocycles. The smallest absolute Gasteiger partial charge is 0.238 e. The van der Waals surface area contributed by atoms with E-state index in [2.05, 4.69) is 5.32 Å². The second-order valence-corrected chi connectivity index (χ2v) is 3.95. The van der Waals surface area contributed by atoms with Gasteiger partial charge < -0.3 is 11.1 Å². The van der Waals surface area contributed by atoms with E-state index in [4.69, 9.17) is 5.73 Å². The van der Waals surface area contributed by atoms with E-state index in [9.17, 15) is 4.79 Å². The summed E-state index contributed by atoms with van der Waals surface area (Å²) in [4.78, 5) is 13.6. The molecule has 1 amide bonds. The molecule has 1 aromatic rings. The van der Waals surface area contributed by atoms with Crippen molar-refractivity contribution in [1.82, 2.24) is 4.90 Å². The molecule has 4 heteroatoms. The number of likely N-dealkylation sites (N-methyl/N-ethyl adjacent to an activating group) is 1. The molecule has 4 nitrogen and oxygen atoms in total. The van der Waals surface area contributed by atoms with Crippen LogP contribution in [0.4, 0.5) is 11.4 Å². The molecule has 0 heterocycles. The lowest BCUT2D eigenvalue weighted by Crippen LogP contribution is -2.30. The van der Waals surface area contributed by atoms with Crippen molar-refractivity contribution >= 4 is 17.3 Å². The van der Waals surface area contributed by atoms with Gasteiger partial charge in [0.05, 0.1) is 6.54 Å². The fourth-order valence-corrected chi connectivity index (χ4v) is 1.37. The zero-order valence-corrected chi connectivity index (χ0v) is 10.1. The van der Waals surface area contributed by atoms with Gasteiger partial charge in [-0.1, -0.05) is 6.92 Å². The summed E-state index contributed by atoms with van der Waals surface area (Å²) in [7, 11) is 1.91. The largest absolute Gasteiger partial charge is 0.399 e. The second kappa shape index (κ2) is 5.51. The molecule has 1 rings (SSSR count). The number of anilines is 2. The van der Waals surface area contributed by atoms with E-state index in [0.717, 1.165) is 17.8 Å². The monoisotopic (exact) mass is 221 g/mol. The van der Waals surface area contributed by atoms with Gasteiger partial charge in [0.25, 0.3) is 0 Å². The number of nitrogens with zero attached hydrogens (tertiary/aromatic N) is 1. The van der Waals surface area contributed by atoms with E-state index >= 15 is 0 Å². The minimum Gasteiger partial charge on any atom is -0.399 e. The van der Waals surface area contributed by atoms with Gasteiger partial charge in [0.15, 0.2) is 0 Å². The van der Waals surface area contributed by atoms with Crippen LogP contribution in [0.5, 0.6) is 0 Å². The van der Waals surface area contributed by atoms with Gasteiger partial charge in [-0.25, -0.2) is 0 Å². The van der Waals surface area contributed by atoms with Crippen LogP contribution in [0.15, 0.2) is 18.2 Å². The Morgan fingerprint density at radius 2 is 2.19 bits per heavy atom. The summed E-state index contributed by atoms with van der Waals surface area (Å²) < 4.78 is 0. The van der Waals surface area contributed by atoms with Crippen molar-refractivity contribution in [3.63, 3.8) is 0 Å². The molecule has 0 spiro atoms. The van der Waals surface area contributed by atoms with Crippen LogP contribution in [0.1, 0.15) is 12.5 Å². The lowest BCUT2D eigenvalue weighted by Gasteiger charge is -2.14. The summed E-state index contributed by atoms with van der Waals surface area (Å²) in [6, 6.07) is 5.46. The molecule has 0 aliphatic carbocycles. The summed E-state index contributed by atoms with van der Waals surface area (Å²) in [6.07, 6.45) is 0. The van der Waals surface area contributed by atoms with Crippen LogP contribution in [0.3, 0.4) is 0 Å². The number of rotatable bonds is 4. The topological polar surface area (TPSA) is 58.4 Å². The molecule has 0 saturated carbocycles. The average Bonchev–Trinajstić information content (AvgIpc) is 2.22. The van der Waals surface area contributed by atoms with Crippen LogP contribution in [0.25, 0.3) is 0 Å². The highest BCUT2D eigenvalue weighted by molar-refractivity contribution is 5.93. The fourth-order valence-electron chi connectivity index (χ4n) is 1.37. The Morgan fingerprint density at radius 1 is 1.50 bits per heavy atom. The summed E-state index contributed by atoms with van der Waals surface area (Å²) in [5, 5.41) is 2.87. The van der Waals surface area contributed by atoms with Gasteiger partial charge in [-0.3, -0.25) is 9.69 Å². The maximum atomic E-state index is 11.6. The van der Waals surface area contributed by atoms with E-state index in [-0.39, 0.29) is 5.91 Å². The third-order valence-electron chi connectivity index (χ3n) is 2.48. The van der Waals surface area contributed by atoms with Crippen LogP contribution in [-0.4, -0.2) is 30.9 Å². The number of carbonyl (C=O) groups excluding carboxylic acids is 1. The Hall–Kier alpha value is -1.55. The van der Waals surface area contributed by atoms with Gasteiger partial charge in [0.1, 0.15) is 0 Å². The maximum Gasteiger partial charge on any atom is 0.238 e. The molecule has 0 bridgehead atoms. The Morgan fingerprint density at radius 3 is 2.75 bits per heavy atom. The highest BCUT2D eigenvalue weighted by Crippen LogP contribution is 2.17. The standard InChI is InChI=1S/C12H19N3O/c1-4-15(3)8-12(16)14-11-6-5-10(13)7-9(11)2/h5-7H,4,8,13H2,1-3H3,(H,14,16). The molecule has 3 N–H and O–H groups in total. The van der Waals surface area contributed by atoms with Crippen LogP contribution >= 0.6 is 0 Å². The van der Waals surface area contributed by atoms with E-state index in [1.54, 1.807) is 6.07 Å². The first-order valence-corrected chi connectivity index (χ1v) is 5.37. The number of amides is 1. The first-order valence-electron chi connectivity index (χ1n) is 5.37. The van der Waals surface area contributed by atoms with E-state index < -0.39 is 0 Å². The minimum atomic E-state index is -0.00257. The third kappa shape index (κ3) is 3.55. The molecule has 0 atom stereocenters. The Bertz CT molecular complexity index is 377. The number of nitrogens with two attached hydrogens (primary N) is 1. The maximum absolute atomic E-state index is 11.6. The Labute approximate surface area is 96.4 Å². The zero-order valence-electron chi connectivity index (χ0n) is 10.1. The predicted molar refractivity (Wildman–Crippen MR) is 67.4 cm³/mol. The molecule has 1 aromatic carbocycles. The lowest BCUT2D eigenvalue weighted by atomic mass is 10.2. The van der Waals surface area contributed by atoms with Gasteiger partial charge in [-0.2, -0.15) is 0 Å². The van der Waals surface area contributed by atoms with Crippen molar-refractivity contribution in [2.75, 3.05) is 31.2 Å². The average molecular weight is 221 g/mol. The second-order valence-electron chi connectivity index (χ2n) is 3.95. The van der Waals surface area contributed by atoms with Crippen molar-refractivity contribution in [3.05, 3.63) is 23.8 Å². The predicted octanol–water partition coefficient (Wildman–Crippen LogP) is 1.47. The summed E-state index contributed by atoms with van der Waals surface area (Å²) in [5.74, 6) is -0.00257.